The number of nitrogens with one attached hydrogen (secondary N) is 2. The van der Waals surface area contributed by atoms with Gasteiger partial charge in [0.15, 0.2) is 18.4 Å². The lowest BCUT2D eigenvalue weighted by Gasteiger charge is -2.48. The first-order valence-electron chi connectivity index (χ1n) is 22.5. The van der Waals surface area contributed by atoms with Gasteiger partial charge >= 0.3 is 11.9 Å². The molecule has 0 aromatic carbocycles. The normalized spacial score (nSPS) is 35.3. The standard InChI is InChI=1S/C44H66N4O15S2/c1-24(2)60-38-42(62-35(20-52)37(53)44(38,57)58)63-41-30(15-25-7-4-3-5-8-25)29-11-9-26-16-48(17-31(39(54)55)36(26)47-43(45)46-13-6-14-49)28(19-51)22-64-65-23-33-27(18-50)10-12-34(33)61-40(56)32(29)21-59-41/h9,11,15,17,21,24,27-30,33-35,37-38,41-42,49-53,57-58H,3-8,10,12-14,16,18-20,22-23H2,1-2H3,(H,54,55)(H3,45,46,47)/p+1/b11-9+/t27-,28-,29-,30+,33+,34+,35+,37+,38-,41-,42-/m0/s1. The Balaban J connectivity index is 1.51. The molecule has 12 N–H and O–H groups in total. The molecule has 1 unspecified atom stereocenters. The summed E-state index contributed by atoms with van der Waals surface area (Å²) in [7, 11) is 3.05. The number of allylic oxidation sites excluding steroid dienone is 2. The predicted octanol–water partition coefficient (Wildman–Crippen LogP) is -0.431. The maximum absolute atomic E-state index is 14.7. The van der Waals surface area contributed by atoms with Crippen LogP contribution in [-0.2, 0) is 33.3 Å². The minimum Gasteiger partial charge on any atom is -0.477 e. The average Bonchev–Trinajstić information content (AvgIpc) is 3.67. The van der Waals surface area contributed by atoms with E-state index in [0.717, 1.165) is 37.7 Å². The fourth-order valence-electron chi connectivity index (χ4n) is 9.28. The Hall–Kier alpha value is -3.03. The van der Waals surface area contributed by atoms with Crippen LogP contribution < -0.4 is 16.0 Å². The first kappa shape index (κ1) is 51.4. The SMILES string of the molecule is CC(C)O[C@H]1[C@H](O[C@@H]2OC=C3C(=O)O[C@@H]4CC[C@@H](CO)[C@H]4CSSC[C@H](CO)[NH+]4C=C(C(=O)O)C(NC(N)=NCCCO)=C(/C=C/[C@H]3[C@H]2C=C2CCCCC2)C4)O[C@H](CO)[C@@H](O)C1(O)O. The molecule has 2 aliphatic carbocycles. The van der Waals surface area contributed by atoms with Gasteiger partial charge in [-0.2, -0.15) is 0 Å². The van der Waals surface area contributed by atoms with Crippen molar-refractivity contribution in [1.29, 1.82) is 0 Å². The van der Waals surface area contributed by atoms with E-state index in [1.165, 1.54) is 27.8 Å². The van der Waals surface area contributed by atoms with Crippen LogP contribution in [0.2, 0.25) is 0 Å². The molecule has 364 valence electrons. The lowest BCUT2D eigenvalue weighted by Crippen LogP contribution is -3.13. The molecule has 2 bridgehead atoms. The second-order valence-corrected chi connectivity index (χ2v) is 20.2. The van der Waals surface area contributed by atoms with Crippen molar-refractivity contribution in [2.45, 2.75) is 120 Å². The largest absolute Gasteiger partial charge is 0.477 e. The van der Waals surface area contributed by atoms with Gasteiger partial charge in [0.1, 0.15) is 42.7 Å². The Labute approximate surface area is 386 Å². The number of aliphatic hydroxyl groups excluding tert-OH is 5. The number of hydrogen-bond donors (Lipinski definition) is 11. The topological polar surface area (TPSA) is 297 Å². The third-order valence-electron chi connectivity index (χ3n) is 12.9. The highest BCUT2D eigenvalue weighted by molar-refractivity contribution is 8.76. The number of aliphatic hydroxyl groups is 7. The number of quaternary nitrogens is 1. The summed E-state index contributed by atoms with van der Waals surface area (Å²) in [5, 5.41) is 87.5. The zero-order valence-corrected chi connectivity index (χ0v) is 38.5. The Kier molecular flexibility index (Phi) is 18.8. The highest BCUT2D eigenvalue weighted by Crippen LogP contribution is 2.43. The van der Waals surface area contributed by atoms with E-state index in [1.807, 2.05) is 6.08 Å². The number of carboxylic acid groups (broad SMARTS) is 1. The quantitative estimate of drug-likeness (QED) is 0.0212. The zero-order valence-electron chi connectivity index (χ0n) is 36.9. The summed E-state index contributed by atoms with van der Waals surface area (Å²) in [4.78, 5) is 32.6. The second kappa shape index (κ2) is 23.8. The summed E-state index contributed by atoms with van der Waals surface area (Å²) >= 11 is 0. The molecule has 0 amide bonds. The van der Waals surface area contributed by atoms with Crippen LogP contribution in [0.15, 0.2) is 63.7 Å². The number of aliphatic imine (C=N–C) groups is 1. The molecule has 19 nitrogen and oxygen atoms in total. The average molecular weight is 956 g/mol. The Bertz CT molecular complexity index is 1830. The fourth-order valence-corrected chi connectivity index (χ4v) is 12.1. The van der Waals surface area contributed by atoms with Gasteiger partial charge in [-0.25, -0.2) is 9.59 Å². The zero-order chi connectivity index (χ0) is 46.8. The van der Waals surface area contributed by atoms with Crippen LogP contribution in [0.4, 0.5) is 0 Å². The molecule has 0 aromatic heterocycles. The van der Waals surface area contributed by atoms with Gasteiger partial charge in [-0.15, -0.1) is 0 Å². The monoisotopic (exact) mass is 955 g/mol. The number of nitrogens with zero attached hydrogens (tertiary/aromatic N) is 1. The molecule has 21 heteroatoms. The van der Waals surface area contributed by atoms with Crippen molar-refractivity contribution in [3.63, 3.8) is 0 Å². The molecule has 0 aromatic rings. The summed E-state index contributed by atoms with van der Waals surface area (Å²) in [6, 6.07) is -0.441. The number of carbonyl (C=O) groups is 2. The molecule has 2 saturated carbocycles. The highest BCUT2D eigenvalue weighted by Gasteiger charge is 2.58. The van der Waals surface area contributed by atoms with Gasteiger partial charge in [0, 0.05) is 42.9 Å². The summed E-state index contributed by atoms with van der Waals surface area (Å²) in [6.45, 7) is 2.40. The van der Waals surface area contributed by atoms with Gasteiger partial charge in [-0.05, 0) is 64.7 Å². The van der Waals surface area contributed by atoms with E-state index in [0.29, 0.717) is 41.2 Å². The molecule has 4 heterocycles. The summed E-state index contributed by atoms with van der Waals surface area (Å²) in [5.41, 5.74) is 7.94. The van der Waals surface area contributed by atoms with Gasteiger partial charge in [0.25, 0.3) is 0 Å². The molecule has 0 radical (unpaired) electrons. The van der Waals surface area contributed by atoms with Crippen molar-refractivity contribution in [3.05, 3.63) is 58.7 Å². The molecular weight excluding hydrogens is 889 g/mol. The third kappa shape index (κ3) is 12.6. The van der Waals surface area contributed by atoms with Crippen LogP contribution in [0, 0.1) is 23.7 Å². The van der Waals surface area contributed by atoms with Gasteiger partial charge in [-0.1, -0.05) is 51.8 Å². The molecule has 12 atom stereocenters. The molecule has 0 spiro atoms. The number of ether oxygens (including phenoxy) is 5. The Morgan fingerprint density at radius 3 is 2.51 bits per heavy atom. The lowest BCUT2D eigenvalue weighted by molar-refractivity contribution is -0.867. The predicted molar refractivity (Wildman–Crippen MR) is 239 cm³/mol. The molecule has 3 fully saturated rings. The Morgan fingerprint density at radius 1 is 1.08 bits per heavy atom. The van der Waals surface area contributed by atoms with Gasteiger partial charge in [-0.3, -0.25) is 9.89 Å². The van der Waals surface area contributed by atoms with E-state index >= 15 is 0 Å². The molecule has 6 rings (SSSR count). The summed E-state index contributed by atoms with van der Waals surface area (Å²) in [6.07, 6.45) is 4.89. The lowest BCUT2D eigenvalue weighted by atomic mass is 9.80. The van der Waals surface area contributed by atoms with Crippen LogP contribution in [0.25, 0.3) is 0 Å². The number of hydrogen-bond acceptors (Lipinski definition) is 17. The molecule has 1 saturated heterocycles. The number of nitrogens with two attached hydrogens (primary N) is 1. The van der Waals surface area contributed by atoms with Crippen LogP contribution in [0.1, 0.15) is 65.2 Å². The maximum Gasteiger partial charge on any atom is 0.343 e. The van der Waals surface area contributed by atoms with Crippen molar-refractivity contribution in [1.82, 2.24) is 5.32 Å². The van der Waals surface area contributed by atoms with E-state index in [4.69, 9.17) is 29.4 Å². The third-order valence-corrected chi connectivity index (χ3v) is 15.4. The number of rotatable bonds is 13. The number of carboxylic acids is 1. The van der Waals surface area contributed by atoms with Crippen molar-refractivity contribution < 1.29 is 79.0 Å². The fraction of sp³-hybridized carbons (Fsp3) is 0.705. The van der Waals surface area contributed by atoms with Crippen LogP contribution in [0.3, 0.4) is 0 Å². The molecule has 65 heavy (non-hydrogen) atoms. The van der Waals surface area contributed by atoms with E-state index in [1.54, 1.807) is 32.2 Å². The number of esters is 1. The number of guanidine groups is 1. The maximum atomic E-state index is 14.7. The number of fused-ring (bicyclic) bond motifs is 4. The number of carbonyl (C=O) groups excluding carboxylic acids is 1. The van der Waals surface area contributed by atoms with Crippen molar-refractivity contribution >= 4 is 39.5 Å². The van der Waals surface area contributed by atoms with Gasteiger partial charge in [0.05, 0.1) is 48.5 Å². The van der Waals surface area contributed by atoms with E-state index in [-0.39, 0.29) is 67.5 Å². The first-order valence-corrected chi connectivity index (χ1v) is 25.0. The van der Waals surface area contributed by atoms with Crippen LogP contribution in [-0.4, -0.2) is 165 Å². The van der Waals surface area contributed by atoms with Gasteiger partial charge < -0.3 is 75.6 Å². The molecule has 4 aliphatic heterocycles. The van der Waals surface area contributed by atoms with Crippen molar-refractivity contribution in [2.75, 3.05) is 51.0 Å². The van der Waals surface area contributed by atoms with Crippen molar-refractivity contribution in [3.8, 4) is 0 Å². The smallest absolute Gasteiger partial charge is 0.343 e. The highest BCUT2D eigenvalue weighted by atomic mass is 33.1. The van der Waals surface area contributed by atoms with Crippen LogP contribution in [0.5, 0.6) is 0 Å². The van der Waals surface area contributed by atoms with Crippen LogP contribution >= 0.6 is 21.6 Å². The molecular formula is C44H67N4O15S2+. The molecule has 6 aliphatic rings. The number of aliphatic carboxylic acids is 1. The summed E-state index contributed by atoms with van der Waals surface area (Å²) < 4.78 is 31.0. The van der Waals surface area contributed by atoms with Crippen molar-refractivity contribution in [2.24, 2.45) is 34.4 Å². The van der Waals surface area contributed by atoms with E-state index in [9.17, 15) is 50.4 Å². The first-order chi connectivity index (χ1) is 31.2. The van der Waals surface area contributed by atoms with E-state index < -0.39 is 85.3 Å². The Morgan fingerprint density at radius 2 is 1.83 bits per heavy atom. The summed E-state index contributed by atoms with van der Waals surface area (Å²) in [5.74, 6) is -6.01. The van der Waals surface area contributed by atoms with E-state index in [2.05, 4.69) is 10.3 Å². The minimum absolute atomic E-state index is 0.0836. The second-order valence-electron chi connectivity index (χ2n) is 17.7. The minimum atomic E-state index is -2.93. The van der Waals surface area contributed by atoms with Gasteiger partial charge in [0.2, 0.25) is 12.1 Å².